The minimum absolute atomic E-state index is 0.0119. The molecule has 1 heterocycles. The Kier molecular flexibility index (Phi) is 59.7. The zero-order chi connectivity index (χ0) is 112. The number of phenolic OH excluding ortho intramolecular Hbond substituents is 1. The van der Waals surface area contributed by atoms with Crippen LogP contribution in [0.3, 0.4) is 0 Å². The molecule has 0 saturated carbocycles. The molecule has 0 unspecified atom stereocenters. The number of thiol groups is 1. The Morgan fingerprint density at radius 3 is 1.18 bits per heavy atom. The van der Waals surface area contributed by atoms with Gasteiger partial charge in [-0.3, -0.25) is 105 Å². The lowest BCUT2D eigenvalue weighted by atomic mass is 9.95. The zero-order valence-corrected chi connectivity index (χ0v) is 86.6. The van der Waals surface area contributed by atoms with Crippen molar-refractivity contribution < 1.29 is 141 Å². The molecule has 830 valence electrons. The van der Waals surface area contributed by atoms with Gasteiger partial charge < -0.3 is 165 Å². The number of aliphatic hydroxyl groups excluding tert-OH is 4. The number of carbonyl (C=O) groups is 22. The van der Waals surface area contributed by atoms with Gasteiger partial charge in [-0.15, -0.1) is 0 Å². The van der Waals surface area contributed by atoms with Crippen LogP contribution in [-0.2, 0) is 112 Å². The van der Waals surface area contributed by atoms with Gasteiger partial charge in [0.05, 0.1) is 38.9 Å². The van der Waals surface area contributed by atoms with Gasteiger partial charge in [0.15, 0.2) is 0 Å². The van der Waals surface area contributed by atoms with E-state index in [0.29, 0.717) is 18.4 Å². The quantitative estimate of drug-likeness (QED) is 0.0213. The van der Waals surface area contributed by atoms with Crippen LogP contribution in [0.2, 0.25) is 0 Å². The van der Waals surface area contributed by atoms with Crippen molar-refractivity contribution in [3.05, 3.63) is 29.8 Å². The number of nitrogens with zero attached hydrogens (tertiary/aromatic N) is 1. The molecule has 0 radical (unpaired) electrons. The molecule has 147 heavy (non-hydrogen) atoms. The van der Waals surface area contributed by atoms with Crippen LogP contribution in [0.15, 0.2) is 24.3 Å². The Morgan fingerprint density at radius 2 is 0.741 bits per heavy atom. The van der Waals surface area contributed by atoms with Crippen molar-refractivity contribution in [2.45, 2.75) is 314 Å². The number of likely N-dealkylation sites (tertiary alicyclic amines) is 1. The number of benzene rings is 1. The van der Waals surface area contributed by atoms with E-state index < -0.39 is 333 Å². The van der Waals surface area contributed by atoms with Crippen molar-refractivity contribution in [1.29, 1.82) is 0 Å². The van der Waals surface area contributed by atoms with Crippen LogP contribution >= 0.6 is 12.6 Å². The highest BCUT2D eigenvalue weighted by Crippen LogP contribution is 2.24. The molecule has 1 aliphatic heterocycles. The number of carboxylic acid groups (broad SMARTS) is 2. The molecule has 1 aromatic rings. The van der Waals surface area contributed by atoms with E-state index >= 15 is 9.59 Å². The largest absolute Gasteiger partial charge is 0.508 e. The number of carboxylic acids is 2. The topological polar surface area (TPSA) is 867 Å². The van der Waals surface area contributed by atoms with Gasteiger partial charge in [0, 0.05) is 25.1 Å². The minimum Gasteiger partial charge on any atom is -0.508 e. The summed E-state index contributed by atoms with van der Waals surface area (Å²) in [5.74, 6) is -28.2. The third-order valence-electron chi connectivity index (χ3n) is 24.0. The predicted molar refractivity (Wildman–Crippen MR) is 534 cm³/mol. The number of rotatable bonds is 70. The van der Waals surface area contributed by atoms with Gasteiger partial charge >= 0.3 is 11.9 Å². The van der Waals surface area contributed by atoms with Crippen LogP contribution < -0.4 is 124 Å². The number of hydrogen-bond donors (Lipinski definition) is 31. The maximum atomic E-state index is 15.2. The van der Waals surface area contributed by atoms with Crippen molar-refractivity contribution in [2.24, 2.45) is 64.2 Å². The van der Waals surface area contributed by atoms with Crippen molar-refractivity contribution >= 4 is 143 Å². The highest BCUT2D eigenvalue weighted by atomic mass is 32.1. The van der Waals surface area contributed by atoms with E-state index in [9.17, 15) is 127 Å². The number of aliphatic hydroxyl groups is 4. The Labute approximate surface area is 859 Å². The molecule has 0 aliphatic carbocycles. The zero-order valence-electron chi connectivity index (χ0n) is 85.7. The van der Waals surface area contributed by atoms with E-state index in [0.717, 1.165) is 6.92 Å². The van der Waals surface area contributed by atoms with E-state index in [2.05, 4.69) is 108 Å². The fourth-order valence-electron chi connectivity index (χ4n) is 15.2. The molecule has 54 heteroatoms. The number of aliphatic carboxylic acids is 2. The average molecular weight is 2110 g/mol. The van der Waals surface area contributed by atoms with Gasteiger partial charge in [-0.25, -0.2) is 0 Å². The molecule has 2 rings (SSSR count). The van der Waals surface area contributed by atoms with E-state index in [1.807, 2.05) is 0 Å². The third-order valence-corrected chi connectivity index (χ3v) is 24.3. The Balaban J connectivity index is 2.51. The monoisotopic (exact) mass is 2110 g/mol. The number of nitrogens with two attached hydrogens (primary N) is 5. The summed E-state index contributed by atoms with van der Waals surface area (Å²) in [6.45, 7) is 15.6. The molecule has 1 fully saturated rings. The molecule has 35 N–H and O–H groups in total. The summed E-state index contributed by atoms with van der Waals surface area (Å²) >= 11 is 4.06. The second-order valence-corrected chi connectivity index (χ2v) is 38.3. The first-order valence-corrected chi connectivity index (χ1v) is 49.9. The molecule has 0 spiro atoms. The highest BCUT2D eigenvalue weighted by Gasteiger charge is 2.45. The number of unbranched alkanes of at least 4 members (excludes halogenated alkanes) is 3. The summed E-state index contributed by atoms with van der Waals surface area (Å²) in [6.07, 6.45) is -2.75. The molecular weight excluding hydrogens is 1950 g/mol. The van der Waals surface area contributed by atoms with Crippen LogP contribution in [0.4, 0.5) is 0 Å². The first kappa shape index (κ1) is 130. The van der Waals surface area contributed by atoms with Crippen LogP contribution in [0.1, 0.15) is 198 Å². The van der Waals surface area contributed by atoms with Crippen LogP contribution in [-0.4, -0.2) is 350 Å². The normalized spacial score (nSPS) is 16.3. The first-order chi connectivity index (χ1) is 69.1. The second kappa shape index (κ2) is 67.3. The third kappa shape index (κ3) is 45.7. The molecule has 53 nitrogen and oxygen atoms in total. The number of hydrogen-bond acceptors (Lipinski definition) is 32. The van der Waals surface area contributed by atoms with E-state index in [1.54, 1.807) is 55.4 Å². The minimum atomic E-state index is -2.02. The maximum absolute atomic E-state index is 15.2. The summed E-state index contributed by atoms with van der Waals surface area (Å²) < 4.78 is 0. The van der Waals surface area contributed by atoms with Crippen molar-refractivity contribution in [3.63, 3.8) is 0 Å². The number of amides is 20. The number of aromatic hydroxyl groups is 1. The molecule has 1 saturated heterocycles. The number of primary amides is 1. The lowest BCUT2D eigenvalue weighted by Crippen LogP contribution is -2.63. The molecule has 1 aliphatic rings. The van der Waals surface area contributed by atoms with Gasteiger partial charge in [-0.05, 0) is 163 Å². The van der Waals surface area contributed by atoms with Gasteiger partial charge in [0.2, 0.25) is 118 Å². The number of carbonyl (C=O) groups excluding carboxylic acids is 20. The molecule has 20 amide bonds. The van der Waals surface area contributed by atoms with Gasteiger partial charge in [-0.1, -0.05) is 102 Å². The lowest BCUT2D eigenvalue weighted by molar-refractivity contribution is -0.143. The van der Waals surface area contributed by atoms with Crippen LogP contribution in [0.25, 0.3) is 0 Å². The smallest absolute Gasteiger partial charge is 0.322 e. The fourth-order valence-corrected chi connectivity index (χ4v) is 15.5. The fraction of sp³-hybridized carbons (Fsp3) is 0.699. The summed E-state index contributed by atoms with van der Waals surface area (Å²) in [4.78, 5) is 305. The summed E-state index contributed by atoms with van der Waals surface area (Å²) in [7, 11) is 0. The molecule has 0 aromatic heterocycles. The van der Waals surface area contributed by atoms with Gasteiger partial charge in [0.1, 0.15) is 121 Å². The van der Waals surface area contributed by atoms with Crippen molar-refractivity contribution in [2.75, 3.05) is 64.8 Å². The first-order valence-electron chi connectivity index (χ1n) is 49.3. The molecular formula is C93H158N24O29S. The standard InChI is InChI=1S/C93H158N24O29S/c1-14-50(12)74(115-79(132)56(30-31-66(98)123)103-87(140)70(46(4)5)112-85(138)61(41-118)100-67(124)39-97)91(144)114-72(48(8)9)89(142)106-59(37-52-26-28-53(122)29-27-52)81(134)104-57(24-17-20-34-96)93(146)117-35-21-25-65(117)86(139)113-71(47(6)7)88(141)107-60(38-68(125)126)82(135)105-58(36-45(2)3)80(133)108-62(42-119)83(136)102-55(23-16-19-33-95)78(131)111-73(49(10)11)90(143)116-75(51(13)121)92(145)109-63(43-120)84(137)101-54(22-15-18-32-94)77(130)110-64(44-147)76(129)99-40-69(127)128/h26-29,45-51,54-65,70-75,118-122,147H,14-25,30-44,94-97H2,1-13H3,(H2,98,123)(H,99,129)(H,100,124)(H,101,137)(H,102,136)(H,103,140)(H,104,134)(H,105,135)(H,106,142)(H,107,141)(H,108,133)(H,109,145)(H,110,130)(H,111,131)(H,112,138)(H,113,139)(H,114,144)(H,115,132)(H,116,143)(H,125,126)(H,127,128)/t50-,51+,54-,55-,56-,57-,58-,59-,60-,61-,62-,63-,64-,65-,70-,71-,72-,73-,74-,75-/m0/s1. The Bertz CT molecular complexity index is 4560. The van der Waals surface area contributed by atoms with E-state index in [1.165, 1.54) is 56.9 Å². The Morgan fingerprint density at radius 1 is 0.395 bits per heavy atom. The van der Waals surface area contributed by atoms with E-state index in [-0.39, 0.29) is 115 Å². The summed E-state index contributed by atoms with van der Waals surface area (Å²) in [5.41, 5.74) is 28.5. The molecule has 20 atom stereocenters. The highest BCUT2D eigenvalue weighted by molar-refractivity contribution is 7.80. The van der Waals surface area contributed by atoms with E-state index in [4.69, 9.17) is 33.8 Å². The summed E-state index contributed by atoms with van der Waals surface area (Å²) in [6, 6.07) is -23.4. The van der Waals surface area contributed by atoms with Crippen LogP contribution in [0.5, 0.6) is 5.75 Å². The average Bonchev–Trinajstić information content (AvgIpc) is 1.70. The molecule has 0 bridgehead atoms. The Hall–Kier alpha value is -12.6. The maximum Gasteiger partial charge on any atom is 0.322 e. The summed E-state index contributed by atoms with van der Waals surface area (Å²) in [5, 5.41) is 115. The van der Waals surface area contributed by atoms with Crippen molar-refractivity contribution in [3.8, 4) is 5.75 Å². The van der Waals surface area contributed by atoms with Gasteiger partial charge in [-0.2, -0.15) is 12.6 Å². The predicted octanol–water partition coefficient (Wildman–Crippen LogP) is -9.54. The molecule has 1 aromatic carbocycles. The van der Waals surface area contributed by atoms with Gasteiger partial charge in [0.25, 0.3) is 0 Å². The SMILES string of the molecule is CC[C@H](C)[C@H](NC(=O)[C@H](CCC(N)=O)NC(=O)[C@@H](NC(=O)[C@H](CO)NC(=O)CN)C(C)C)C(=O)N[C@H](C(=O)N[C@@H](Cc1ccc(O)cc1)C(=O)N[C@@H](CCCCN)C(=O)N1CCC[C@H]1C(=O)N[C@H](C(=O)N[C@@H](CC(=O)O)C(=O)N[C@@H](CC(C)C)C(=O)N[C@@H](CO)C(=O)N[C@@H](CCCCN)C(=O)N[C@H](C(=O)N[C@H](C(=O)N[C@@H](CO)C(=O)N[C@@H](CCCCN)C(=O)N[C@@H](CS)C(=O)NCC(=O)O)[C@@H](C)O)C(C)C)C(C)C)C(C)C. The van der Waals surface area contributed by atoms with Crippen LogP contribution in [0, 0.1) is 35.5 Å². The second-order valence-electron chi connectivity index (χ2n) is 37.9. The van der Waals surface area contributed by atoms with Crippen molar-refractivity contribution in [1.82, 2.24) is 101 Å². The number of phenols is 1. The number of nitrogens with one attached hydrogen (secondary N) is 18. The lowest BCUT2D eigenvalue weighted by Gasteiger charge is -2.32.